The van der Waals surface area contributed by atoms with Gasteiger partial charge < -0.3 is 67.5 Å². The van der Waals surface area contributed by atoms with E-state index < -0.39 is 15.8 Å². The number of carbonyl (C=O) groups is 3. The molecule has 0 spiro atoms. The largest absolute Gasteiger partial charge is 0.379 e. The third-order valence-corrected chi connectivity index (χ3v) is 12.6. The Bertz CT molecular complexity index is 1870. The summed E-state index contributed by atoms with van der Waals surface area (Å²) in [6.45, 7) is 25.8. The molecule has 2 amide bonds. The van der Waals surface area contributed by atoms with Gasteiger partial charge in [-0.3, -0.25) is 14.4 Å². The van der Waals surface area contributed by atoms with Crippen LogP contribution in [0.5, 0.6) is 0 Å². The van der Waals surface area contributed by atoms with Gasteiger partial charge in [0.05, 0.1) is 163 Å². The molecule has 19 nitrogen and oxygen atoms in total. The highest BCUT2D eigenvalue weighted by atomic mass is 32.2. The van der Waals surface area contributed by atoms with Crippen molar-refractivity contribution in [1.29, 1.82) is 0 Å². The Labute approximate surface area is 448 Å². The SMILES string of the molecule is Cc1ccc(S(=O)(=O)CC(CC(C)(C)C)C(=O)c2ccc(C(=O)NCCOCCOCCOCCOCCOCCOCCOCCOCCC(=O)NCCOCCOCCOCCOCCC(C)(C)C)cc2)cc1. The summed E-state index contributed by atoms with van der Waals surface area (Å²) in [5.41, 5.74) is 1.69. The number of sulfone groups is 1. The lowest BCUT2D eigenvalue weighted by atomic mass is 9.82. The number of rotatable bonds is 48. The van der Waals surface area contributed by atoms with Gasteiger partial charge in [0.2, 0.25) is 5.91 Å². The fourth-order valence-electron chi connectivity index (χ4n) is 6.73. The van der Waals surface area contributed by atoms with E-state index in [0.717, 1.165) is 18.6 Å². The first-order valence-electron chi connectivity index (χ1n) is 26.4. The van der Waals surface area contributed by atoms with Crippen molar-refractivity contribution in [1.82, 2.24) is 10.6 Å². The molecule has 2 rings (SSSR count). The summed E-state index contributed by atoms with van der Waals surface area (Å²) in [6.07, 6.45) is 1.68. The van der Waals surface area contributed by atoms with Crippen molar-refractivity contribution in [3.8, 4) is 0 Å². The van der Waals surface area contributed by atoms with Crippen LogP contribution in [0.3, 0.4) is 0 Å². The topological polar surface area (TPSA) is 220 Å². The second kappa shape index (κ2) is 41.6. The number of hydrogen-bond acceptors (Lipinski definition) is 17. The Morgan fingerprint density at radius 1 is 0.440 bits per heavy atom. The molecule has 2 aromatic carbocycles. The van der Waals surface area contributed by atoms with Crippen LogP contribution < -0.4 is 10.6 Å². The van der Waals surface area contributed by atoms with Crippen LogP contribution in [-0.4, -0.2) is 203 Å². The minimum atomic E-state index is -3.70. The molecule has 0 saturated heterocycles. The molecule has 430 valence electrons. The van der Waals surface area contributed by atoms with E-state index in [1.165, 1.54) is 0 Å². The molecule has 2 N–H and O–H groups in total. The summed E-state index contributed by atoms with van der Waals surface area (Å²) in [6, 6.07) is 12.9. The van der Waals surface area contributed by atoms with E-state index in [-0.39, 0.29) is 52.0 Å². The Morgan fingerprint density at radius 3 is 1.17 bits per heavy atom. The van der Waals surface area contributed by atoms with Crippen molar-refractivity contribution >= 4 is 27.4 Å². The van der Waals surface area contributed by atoms with Gasteiger partial charge in [-0.25, -0.2) is 8.42 Å². The van der Waals surface area contributed by atoms with Crippen LogP contribution in [0.15, 0.2) is 53.4 Å². The summed E-state index contributed by atoms with van der Waals surface area (Å²) in [5, 5.41) is 5.60. The van der Waals surface area contributed by atoms with Crippen LogP contribution in [0.2, 0.25) is 0 Å². The lowest BCUT2D eigenvalue weighted by Crippen LogP contribution is -2.29. The second-order valence-corrected chi connectivity index (χ2v) is 22.0. The van der Waals surface area contributed by atoms with Gasteiger partial charge in [0.25, 0.3) is 5.91 Å². The first-order chi connectivity index (χ1) is 36.0. The van der Waals surface area contributed by atoms with Crippen molar-refractivity contribution in [2.75, 3.05) is 177 Å². The maximum atomic E-state index is 13.6. The van der Waals surface area contributed by atoms with Crippen LogP contribution in [0.1, 0.15) is 87.1 Å². The van der Waals surface area contributed by atoms with E-state index in [9.17, 15) is 22.8 Å². The van der Waals surface area contributed by atoms with Crippen molar-refractivity contribution in [3.05, 3.63) is 65.2 Å². The predicted molar refractivity (Wildman–Crippen MR) is 285 cm³/mol. The van der Waals surface area contributed by atoms with E-state index in [4.69, 9.17) is 56.8 Å². The molecule has 1 unspecified atom stereocenters. The van der Waals surface area contributed by atoms with Crippen LogP contribution >= 0.6 is 0 Å². The zero-order valence-corrected chi connectivity index (χ0v) is 47.1. The number of aryl methyl sites for hydroxylation is 1. The van der Waals surface area contributed by atoms with Crippen molar-refractivity contribution in [2.45, 2.75) is 72.6 Å². The molecule has 0 fully saturated rings. The van der Waals surface area contributed by atoms with Crippen LogP contribution in [-0.2, 0) is 71.5 Å². The number of benzene rings is 2. The smallest absolute Gasteiger partial charge is 0.251 e. The lowest BCUT2D eigenvalue weighted by molar-refractivity contribution is -0.122. The van der Waals surface area contributed by atoms with Gasteiger partial charge in [0.1, 0.15) is 0 Å². The van der Waals surface area contributed by atoms with Gasteiger partial charge in [0, 0.05) is 43.2 Å². The quantitative estimate of drug-likeness (QED) is 0.0611. The minimum Gasteiger partial charge on any atom is -0.379 e. The summed E-state index contributed by atoms with van der Waals surface area (Å²) < 4.78 is 92.6. The molecule has 0 aliphatic heterocycles. The highest BCUT2D eigenvalue weighted by Gasteiger charge is 2.31. The Kier molecular flexibility index (Phi) is 37.5. The number of nitrogens with one attached hydrogen (secondary N) is 2. The van der Waals surface area contributed by atoms with Gasteiger partial charge in [-0.05, 0) is 54.9 Å². The summed E-state index contributed by atoms with van der Waals surface area (Å²) >= 11 is 0. The fraction of sp³-hybridized carbons (Fsp3) is 0.727. The molecule has 0 heterocycles. The monoisotopic (exact) mass is 1080 g/mol. The van der Waals surface area contributed by atoms with E-state index in [2.05, 4.69) is 31.4 Å². The Morgan fingerprint density at radius 2 is 0.787 bits per heavy atom. The average molecular weight is 1090 g/mol. The molecular formula is C55H92N2O17S. The van der Waals surface area contributed by atoms with Crippen LogP contribution in [0.25, 0.3) is 0 Å². The Hall–Kier alpha value is -3.48. The third kappa shape index (κ3) is 37.9. The van der Waals surface area contributed by atoms with Crippen molar-refractivity contribution in [2.24, 2.45) is 16.7 Å². The molecule has 0 aliphatic rings. The van der Waals surface area contributed by atoms with E-state index >= 15 is 0 Å². The fourth-order valence-corrected chi connectivity index (χ4v) is 8.27. The molecule has 0 saturated carbocycles. The summed E-state index contributed by atoms with van der Waals surface area (Å²) in [5.74, 6) is -1.71. The Balaban J connectivity index is 1.30. The molecule has 20 heteroatoms. The zero-order chi connectivity index (χ0) is 54.9. The number of Topliss-reactive ketones (excluding diaryl/α,β-unsaturated/α-hetero) is 1. The maximum Gasteiger partial charge on any atom is 0.251 e. The number of amides is 2. The van der Waals surface area contributed by atoms with Gasteiger partial charge in [0.15, 0.2) is 15.6 Å². The van der Waals surface area contributed by atoms with Gasteiger partial charge >= 0.3 is 0 Å². The maximum absolute atomic E-state index is 13.6. The second-order valence-electron chi connectivity index (χ2n) is 20.0. The lowest BCUT2D eigenvalue weighted by Gasteiger charge is -2.25. The van der Waals surface area contributed by atoms with Crippen LogP contribution in [0.4, 0.5) is 0 Å². The number of ketones is 1. The number of hydrogen-bond donors (Lipinski definition) is 2. The summed E-state index contributed by atoms with van der Waals surface area (Å²) in [4.78, 5) is 38.5. The standard InChI is InChI=1S/C55H92N2O17S/c1-46-8-14-50(15-9-46)75(61,62)45-49(44-55(5,6)7)52(59)47-10-12-48(13-11-47)53(60)57-19-23-66-27-31-70-35-37-72-39-41-74-43-42-73-40-38-71-36-32-67-28-24-63-20-16-51(58)56-18-22-65-26-30-69-34-33-68-29-25-64-21-17-54(2,3)4/h8-15,49H,16-45H2,1-7H3,(H,56,58)(H,57,60). The van der Waals surface area contributed by atoms with Crippen LogP contribution in [0, 0.1) is 23.7 Å². The number of carbonyl (C=O) groups excluding carboxylic acids is 3. The van der Waals surface area contributed by atoms with Crippen molar-refractivity contribution in [3.63, 3.8) is 0 Å². The average Bonchev–Trinajstić information content (AvgIpc) is 3.36. The first kappa shape index (κ1) is 67.6. The molecule has 0 radical (unpaired) electrons. The first-order valence-corrected chi connectivity index (χ1v) is 28.0. The molecule has 2 aromatic rings. The zero-order valence-electron chi connectivity index (χ0n) is 46.3. The highest BCUT2D eigenvalue weighted by molar-refractivity contribution is 7.91. The van der Waals surface area contributed by atoms with Gasteiger partial charge in [-0.1, -0.05) is 71.4 Å². The van der Waals surface area contributed by atoms with E-state index in [1.807, 2.05) is 27.7 Å². The third-order valence-electron chi connectivity index (χ3n) is 10.8. The molecular weight excluding hydrogens is 993 g/mol. The molecule has 1 atom stereocenters. The molecule has 0 aromatic heterocycles. The van der Waals surface area contributed by atoms with Crippen molar-refractivity contribution < 1.29 is 79.6 Å². The molecule has 0 bridgehead atoms. The van der Waals surface area contributed by atoms with E-state index in [0.29, 0.717) is 176 Å². The minimum absolute atomic E-state index is 0.0962. The molecule has 0 aliphatic carbocycles. The predicted octanol–water partition coefficient (Wildman–Crippen LogP) is 5.58. The highest BCUT2D eigenvalue weighted by Crippen LogP contribution is 2.30. The normalized spacial score (nSPS) is 12.5. The van der Waals surface area contributed by atoms with Gasteiger partial charge in [-0.2, -0.15) is 0 Å². The summed E-state index contributed by atoms with van der Waals surface area (Å²) in [7, 11) is -3.70. The number of ether oxygens (including phenoxy) is 12. The molecule has 75 heavy (non-hydrogen) atoms. The van der Waals surface area contributed by atoms with Gasteiger partial charge in [-0.15, -0.1) is 0 Å². The van der Waals surface area contributed by atoms with E-state index in [1.54, 1.807) is 48.5 Å².